The highest BCUT2D eigenvalue weighted by Crippen LogP contribution is 2.32. The fourth-order valence-corrected chi connectivity index (χ4v) is 3.56. The van der Waals surface area contributed by atoms with Crippen LogP contribution in [0.15, 0.2) is 48.5 Å². The number of H-pyrrole nitrogens is 1. The molecule has 33 heavy (non-hydrogen) atoms. The Morgan fingerprint density at radius 1 is 1.21 bits per heavy atom. The van der Waals surface area contributed by atoms with E-state index in [1.807, 2.05) is 36.4 Å². The maximum absolute atomic E-state index is 13.0. The van der Waals surface area contributed by atoms with E-state index < -0.39 is 17.9 Å². The van der Waals surface area contributed by atoms with Crippen LogP contribution < -0.4 is 20.7 Å². The van der Waals surface area contributed by atoms with Crippen LogP contribution in [0.1, 0.15) is 34.0 Å². The van der Waals surface area contributed by atoms with E-state index in [9.17, 15) is 14.4 Å². The van der Waals surface area contributed by atoms with E-state index in [0.717, 1.165) is 11.1 Å². The van der Waals surface area contributed by atoms with E-state index in [1.54, 1.807) is 19.2 Å². The molecule has 2 heterocycles. The van der Waals surface area contributed by atoms with Gasteiger partial charge in [-0.2, -0.15) is 0 Å². The largest absolute Gasteiger partial charge is 0.489 e. The molecular weight excluding hydrogens is 424 g/mol. The molecule has 1 aliphatic heterocycles. The number of amides is 3. The average molecular weight is 448 g/mol. The number of aromatic amines is 1. The molecule has 0 saturated heterocycles. The van der Waals surface area contributed by atoms with Crippen LogP contribution in [-0.2, 0) is 22.4 Å². The van der Waals surface area contributed by atoms with Gasteiger partial charge in [-0.1, -0.05) is 36.4 Å². The van der Waals surface area contributed by atoms with Gasteiger partial charge in [0.1, 0.15) is 24.2 Å². The summed E-state index contributed by atoms with van der Waals surface area (Å²) in [4.78, 5) is 42.4. The van der Waals surface area contributed by atoms with Gasteiger partial charge in [0.05, 0.1) is 5.69 Å². The molecule has 10 nitrogen and oxygen atoms in total. The minimum Gasteiger partial charge on any atom is -0.489 e. The van der Waals surface area contributed by atoms with Crippen LogP contribution in [0.25, 0.3) is 0 Å². The second kappa shape index (κ2) is 9.51. The fourth-order valence-electron chi connectivity index (χ4n) is 3.56. The molecule has 1 atom stereocenters. The van der Waals surface area contributed by atoms with Crippen LogP contribution in [-0.4, -0.2) is 52.6 Å². The number of nitrogens with zero attached hydrogens (tertiary/aromatic N) is 3. The first-order chi connectivity index (χ1) is 15.9. The first-order valence-corrected chi connectivity index (χ1v) is 10.5. The minimum absolute atomic E-state index is 0.0379. The van der Waals surface area contributed by atoms with Gasteiger partial charge in [0.2, 0.25) is 11.7 Å². The molecule has 4 N–H and O–H groups in total. The molecule has 0 radical (unpaired) electrons. The number of carbonyl (C=O) groups excluding carboxylic acids is 3. The summed E-state index contributed by atoms with van der Waals surface area (Å²) in [5.74, 6) is -0.307. The summed E-state index contributed by atoms with van der Waals surface area (Å²) in [6, 6.07) is 14.1. The second-order valence-electron chi connectivity index (χ2n) is 7.77. The Bertz CT molecular complexity index is 1180. The van der Waals surface area contributed by atoms with Gasteiger partial charge in [0.15, 0.2) is 0 Å². The lowest BCUT2D eigenvalue weighted by molar-refractivity contribution is -0.120. The number of aromatic nitrogens is 3. The molecule has 0 unspecified atom stereocenters. The van der Waals surface area contributed by atoms with Crippen molar-refractivity contribution in [1.82, 2.24) is 20.5 Å². The van der Waals surface area contributed by atoms with Crippen LogP contribution in [0.4, 0.5) is 5.69 Å². The topological polar surface area (TPSA) is 143 Å². The van der Waals surface area contributed by atoms with Crippen molar-refractivity contribution in [2.24, 2.45) is 5.73 Å². The number of aryl methyl sites for hydroxylation is 1. The normalized spacial score (nSPS) is 15.4. The van der Waals surface area contributed by atoms with E-state index in [2.05, 4.69) is 20.5 Å². The Hall–Kier alpha value is -4.21. The maximum atomic E-state index is 13.0. The van der Waals surface area contributed by atoms with E-state index in [-0.39, 0.29) is 24.8 Å². The lowest BCUT2D eigenvalue weighted by Crippen LogP contribution is -2.49. The molecule has 0 fully saturated rings. The molecule has 3 aromatic rings. The number of likely N-dealkylation sites (N-methyl/N-ethyl adjacent to an activating group) is 1. The Morgan fingerprint density at radius 3 is 2.76 bits per heavy atom. The number of benzene rings is 2. The number of fused-ring (bicyclic) bond motifs is 1. The highest BCUT2D eigenvalue weighted by atomic mass is 16.5. The molecular formula is C23H24N6O4. The third-order valence-electron chi connectivity index (χ3n) is 5.33. The summed E-state index contributed by atoms with van der Waals surface area (Å²) >= 11 is 0. The standard InChI is InChI=1S/C23H24N6O4/c1-29-17-11-15(8-10-19(24)30)7-9-18(17)33-13-16(23(29)32)25-22(31)21-26-20(27-28-21)12-14-5-3-2-4-6-14/h2-7,9,11,16H,8,10,12-13H2,1H3,(H2,24,30)(H,25,31)(H,26,27,28)/t16-/m1/s1. The Balaban J connectivity index is 1.43. The molecule has 0 bridgehead atoms. The number of carbonyl (C=O) groups is 3. The molecule has 0 aliphatic carbocycles. The lowest BCUT2D eigenvalue weighted by atomic mass is 10.1. The summed E-state index contributed by atoms with van der Waals surface area (Å²) in [5.41, 5.74) is 7.66. The molecule has 170 valence electrons. The number of nitrogens with two attached hydrogens (primary N) is 1. The van der Waals surface area contributed by atoms with Gasteiger partial charge in [0.25, 0.3) is 11.8 Å². The van der Waals surface area contributed by atoms with Crippen molar-refractivity contribution in [3.05, 3.63) is 71.3 Å². The number of hydrogen-bond acceptors (Lipinski definition) is 6. The van der Waals surface area contributed by atoms with Crippen molar-refractivity contribution in [3.8, 4) is 5.75 Å². The zero-order chi connectivity index (χ0) is 23.4. The van der Waals surface area contributed by atoms with Crippen molar-refractivity contribution < 1.29 is 19.1 Å². The SMILES string of the molecule is CN1C(=O)[C@H](NC(=O)c2n[nH]c(Cc3ccccc3)n2)COc2ccc(CCC(N)=O)cc21. The first-order valence-electron chi connectivity index (χ1n) is 10.5. The fraction of sp³-hybridized carbons (Fsp3) is 0.261. The van der Waals surface area contributed by atoms with Gasteiger partial charge in [-0.3, -0.25) is 19.5 Å². The summed E-state index contributed by atoms with van der Waals surface area (Å²) in [7, 11) is 1.61. The van der Waals surface area contributed by atoms with Crippen LogP contribution in [0.5, 0.6) is 5.75 Å². The predicted molar refractivity (Wildman–Crippen MR) is 120 cm³/mol. The highest BCUT2D eigenvalue weighted by Gasteiger charge is 2.31. The smallest absolute Gasteiger partial charge is 0.291 e. The van der Waals surface area contributed by atoms with Crippen molar-refractivity contribution in [2.75, 3.05) is 18.6 Å². The average Bonchev–Trinajstić information content (AvgIpc) is 3.24. The van der Waals surface area contributed by atoms with Crippen LogP contribution in [0, 0.1) is 0 Å². The van der Waals surface area contributed by atoms with Gasteiger partial charge in [0, 0.05) is 19.9 Å². The van der Waals surface area contributed by atoms with Crippen molar-refractivity contribution in [2.45, 2.75) is 25.3 Å². The number of nitrogens with one attached hydrogen (secondary N) is 2. The lowest BCUT2D eigenvalue weighted by Gasteiger charge is -2.20. The molecule has 0 saturated carbocycles. The van der Waals surface area contributed by atoms with E-state index in [1.165, 1.54) is 4.90 Å². The van der Waals surface area contributed by atoms with Crippen molar-refractivity contribution in [1.29, 1.82) is 0 Å². The summed E-state index contributed by atoms with van der Waals surface area (Å²) in [6.45, 7) is -0.0379. The Morgan fingerprint density at radius 2 is 2.00 bits per heavy atom. The molecule has 1 aliphatic rings. The molecule has 10 heteroatoms. The number of anilines is 1. The van der Waals surface area contributed by atoms with E-state index in [0.29, 0.717) is 30.1 Å². The van der Waals surface area contributed by atoms with E-state index in [4.69, 9.17) is 10.5 Å². The second-order valence-corrected chi connectivity index (χ2v) is 7.77. The van der Waals surface area contributed by atoms with Crippen molar-refractivity contribution in [3.63, 3.8) is 0 Å². The third kappa shape index (κ3) is 5.17. The predicted octanol–water partition coefficient (Wildman–Crippen LogP) is 0.967. The van der Waals surface area contributed by atoms with Gasteiger partial charge < -0.3 is 20.7 Å². The maximum Gasteiger partial charge on any atom is 0.291 e. The van der Waals surface area contributed by atoms with Crippen LogP contribution in [0.2, 0.25) is 0 Å². The van der Waals surface area contributed by atoms with E-state index >= 15 is 0 Å². The number of hydrogen-bond donors (Lipinski definition) is 3. The number of ether oxygens (including phenoxy) is 1. The van der Waals surface area contributed by atoms with Gasteiger partial charge in [-0.05, 0) is 29.7 Å². The van der Waals surface area contributed by atoms with Crippen LogP contribution >= 0.6 is 0 Å². The summed E-state index contributed by atoms with van der Waals surface area (Å²) in [5, 5.41) is 9.40. The molecule has 1 aromatic heterocycles. The molecule has 2 aromatic carbocycles. The zero-order valence-corrected chi connectivity index (χ0v) is 18.1. The summed E-state index contributed by atoms with van der Waals surface area (Å²) < 4.78 is 5.79. The van der Waals surface area contributed by atoms with Gasteiger partial charge in [-0.25, -0.2) is 4.98 Å². The molecule has 0 spiro atoms. The van der Waals surface area contributed by atoms with Crippen LogP contribution in [0.3, 0.4) is 0 Å². The Kier molecular flexibility index (Phi) is 6.34. The monoisotopic (exact) mass is 448 g/mol. The minimum atomic E-state index is -0.917. The number of primary amides is 1. The Labute approximate surface area is 190 Å². The van der Waals surface area contributed by atoms with Crippen molar-refractivity contribution >= 4 is 23.4 Å². The first kappa shape index (κ1) is 22.0. The number of rotatable bonds is 7. The quantitative estimate of drug-likeness (QED) is 0.491. The summed E-state index contributed by atoms with van der Waals surface area (Å²) in [6.07, 6.45) is 1.17. The zero-order valence-electron chi connectivity index (χ0n) is 18.1. The molecule has 4 rings (SSSR count). The highest BCUT2D eigenvalue weighted by molar-refractivity contribution is 6.02. The molecule has 3 amide bonds. The third-order valence-corrected chi connectivity index (χ3v) is 5.33. The van der Waals surface area contributed by atoms with Gasteiger partial charge in [-0.15, -0.1) is 5.10 Å². The van der Waals surface area contributed by atoms with Gasteiger partial charge >= 0.3 is 0 Å².